The van der Waals surface area contributed by atoms with E-state index in [1.54, 1.807) is 7.05 Å². The maximum absolute atomic E-state index is 12.0. The molecule has 0 bridgehead atoms. The Morgan fingerprint density at radius 3 is 2.74 bits per heavy atom. The third-order valence-corrected chi connectivity index (χ3v) is 3.13. The van der Waals surface area contributed by atoms with Crippen molar-refractivity contribution in [2.24, 2.45) is 5.92 Å². The molecule has 3 N–H and O–H groups in total. The van der Waals surface area contributed by atoms with E-state index in [1.807, 2.05) is 38.1 Å². The van der Waals surface area contributed by atoms with Crippen LogP contribution in [0.5, 0.6) is 0 Å². The van der Waals surface area contributed by atoms with Gasteiger partial charge in [-0.25, -0.2) is 4.98 Å². The van der Waals surface area contributed by atoms with Gasteiger partial charge in [0.2, 0.25) is 5.91 Å². The first-order valence-corrected chi connectivity index (χ1v) is 6.50. The summed E-state index contributed by atoms with van der Waals surface area (Å²) in [6.45, 7) is 4.45. The molecule has 0 radical (unpaired) electrons. The second-order valence-electron chi connectivity index (χ2n) is 4.93. The Bertz CT molecular complexity index is 528. The van der Waals surface area contributed by atoms with Crippen LogP contribution in [0.3, 0.4) is 0 Å². The van der Waals surface area contributed by atoms with Gasteiger partial charge in [0, 0.05) is 0 Å². The topological polar surface area (TPSA) is 69.8 Å². The quantitative estimate of drug-likeness (QED) is 0.761. The average Bonchev–Trinajstić information content (AvgIpc) is 2.79. The molecule has 0 spiro atoms. The molecule has 1 heterocycles. The highest BCUT2D eigenvalue weighted by Crippen LogP contribution is 2.10. The summed E-state index contributed by atoms with van der Waals surface area (Å²) in [5, 5.41) is 5.92. The van der Waals surface area contributed by atoms with Crippen molar-refractivity contribution >= 4 is 16.9 Å². The van der Waals surface area contributed by atoms with Gasteiger partial charge in [-0.15, -0.1) is 0 Å². The summed E-state index contributed by atoms with van der Waals surface area (Å²) in [6.07, 6.45) is 0. The molecule has 1 amide bonds. The zero-order chi connectivity index (χ0) is 13.8. The number of amides is 1. The van der Waals surface area contributed by atoms with Crippen LogP contribution in [-0.2, 0) is 11.3 Å². The van der Waals surface area contributed by atoms with E-state index in [0.29, 0.717) is 6.54 Å². The van der Waals surface area contributed by atoms with Gasteiger partial charge in [-0.3, -0.25) is 4.79 Å². The first-order chi connectivity index (χ1) is 9.11. The molecule has 5 heteroatoms. The first-order valence-electron chi connectivity index (χ1n) is 6.50. The Morgan fingerprint density at radius 1 is 1.37 bits per heavy atom. The number of rotatable bonds is 5. The molecule has 5 nitrogen and oxygen atoms in total. The number of nitrogens with one attached hydrogen (secondary N) is 3. The molecule has 0 saturated heterocycles. The molecule has 0 aliphatic rings. The van der Waals surface area contributed by atoms with Crippen LogP contribution in [0.25, 0.3) is 11.0 Å². The molecule has 102 valence electrons. The number of carbonyl (C=O) groups is 1. The number of likely N-dealkylation sites (N-methyl/N-ethyl adjacent to an activating group) is 1. The molecule has 1 atom stereocenters. The van der Waals surface area contributed by atoms with E-state index in [2.05, 4.69) is 20.6 Å². The van der Waals surface area contributed by atoms with E-state index in [-0.39, 0.29) is 17.9 Å². The minimum atomic E-state index is -0.177. The molecule has 0 unspecified atom stereocenters. The number of aromatic nitrogens is 2. The summed E-state index contributed by atoms with van der Waals surface area (Å²) in [7, 11) is 1.80. The fraction of sp³-hybridized carbons (Fsp3) is 0.429. The third-order valence-electron chi connectivity index (χ3n) is 3.13. The molecular weight excluding hydrogens is 240 g/mol. The smallest absolute Gasteiger partial charge is 0.237 e. The lowest BCUT2D eigenvalue weighted by atomic mass is 10.0. The van der Waals surface area contributed by atoms with Gasteiger partial charge in [-0.2, -0.15) is 0 Å². The lowest BCUT2D eigenvalue weighted by molar-refractivity contribution is -0.124. The average molecular weight is 260 g/mol. The number of hydrogen-bond donors (Lipinski definition) is 3. The van der Waals surface area contributed by atoms with Crippen molar-refractivity contribution in [3.8, 4) is 0 Å². The molecular formula is C14H20N4O. The predicted octanol–water partition coefficient (Wildman–Crippen LogP) is 1.42. The van der Waals surface area contributed by atoms with Gasteiger partial charge in [0.1, 0.15) is 5.82 Å². The van der Waals surface area contributed by atoms with Gasteiger partial charge >= 0.3 is 0 Å². The highest BCUT2D eigenvalue weighted by Gasteiger charge is 2.19. The van der Waals surface area contributed by atoms with Crippen LogP contribution in [0.15, 0.2) is 24.3 Å². The molecule has 19 heavy (non-hydrogen) atoms. The summed E-state index contributed by atoms with van der Waals surface area (Å²) < 4.78 is 0. The van der Waals surface area contributed by atoms with Crippen molar-refractivity contribution in [2.45, 2.75) is 26.4 Å². The molecule has 2 rings (SSSR count). The fourth-order valence-electron chi connectivity index (χ4n) is 2.14. The van der Waals surface area contributed by atoms with Crippen molar-refractivity contribution in [3.63, 3.8) is 0 Å². The van der Waals surface area contributed by atoms with Gasteiger partial charge in [-0.1, -0.05) is 26.0 Å². The van der Waals surface area contributed by atoms with Crippen LogP contribution in [0.1, 0.15) is 19.7 Å². The molecule has 1 aromatic carbocycles. The number of benzene rings is 1. The zero-order valence-corrected chi connectivity index (χ0v) is 11.5. The second kappa shape index (κ2) is 5.84. The summed E-state index contributed by atoms with van der Waals surface area (Å²) in [5.41, 5.74) is 1.90. The van der Waals surface area contributed by atoms with Crippen LogP contribution in [-0.4, -0.2) is 29.0 Å². The van der Waals surface area contributed by atoms with E-state index < -0.39 is 0 Å². The second-order valence-corrected chi connectivity index (χ2v) is 4.93. The molecule has 1 aromatic heterocycles. The predicted molar refractivity (Wildman–Crippen MR) is 75.6 cm³/mol. The highest BCUT2D eigenvalue weighted by atomic mass is 16.2. The Morgan fingerprint density at radius 2 is 2.11 bits per heavy atom. The van der Waals surface area contributed by atoms with Gasteiger partial charge < -0.3 is 15.6 Å². The number of imidazole rings is 1. The van der Waals surface area contributed by atoms with Crippen molar-refractivity contribution in [3.05, 3.63) is 30.1 Å². The number of hydrogen-bond acceptors (Lipinski definition) is 3. The van der Waals surface area contributed by atoms with Gasteiger partial charge in [0.25, 0.3) is 0 Å². The SMILES string of the molecule is CN[C@H](C(=O)NCc1nc2ccccc2[nH]1)C(C)C. The largest absolute Gasteiger partial charge is 0.348 e. The number of aromatic amines is 1. The first kappa shape index (κ1) is 13.5. The maximum Gasteiger partial charge on any atom is 0.237 e. The Kier molecular flexibility index (Phi) is 4.16. The van der Waals surface area contributed by atoms with Gasteiger partial charge in [0.05, 0.1) is 23.6 Å². The van der Waals surface area contributed by atoms with E-state index in [9.17, 15) is 4.79 Å². The number of nitrogens with zero attached hydrogens (tertiary/aromatic N) is 1. The van der Waals surface area contributed by atoms with Crippen LogP contribution >= 0.6 is 0 Å². The molecule has 0 saturated carbocycles. The number of para-hydroxylation sites is 2. The Balaban J connectivity index is 2.00. The minimum absolute atomic E-state index is 0.00189. The van der Waals surface area contributed by atoms with Crippen LogP contribution in [0.4, 0.5) is 0 Å². The molecule has 0 fully saturated rings. The van der Waals surface area contributed by atoms with E-state index >= 15 is 0 Å². The van der Waals surface area contributed by atoms with Crippen molar-refractivity contribution < 1.29 is 4.79 Å². The van der Waals surface area contributed by atoms with Crippen molar-refractivity contribution in [1.82, 2.24) is 20.6 Å². The lowest BCUT2D eigenvalue weighted by Crippen LogP contribution is -2.45. The van der Waals surface area contributed by atoms with Crippen LogP contribution in [0, 0.1) is 5.92 Å². The molecule has 2 aromatic rings. The fourth-order valence-corrected chi connectivity index (χ4v) is 2.14. The number of H-pyrrole nitrogens is 1. The molecule has 0 aliphatic carbocycles. The Labute approximate surface area is 112 Å². The van der Waals surface area contributed by atoms with E-state index in [4.69, 9.17) is 0 Å². The molecule has 0 aliphatic heterocycles. The van der Waals surface area contributed by atoms with Crippen LogP contribution in [0.2, 0.25) is 0 Å². The number of fused-ring (bicyclic) bond motifs is 1. The standard InChI is InChI=1S/C14H20N4O/c1-9(2)13(15-3)14(19)16-8-12-17-10-6-4-5-7-11(10)18-12/h4-7,9,13,15H,8H2,1-3H3,(H,16,19)(H,17,18)/t13-/m0/s1. The normalized spacial score (nSPS) is 12.8. The van der Waals surface area contributed by atoms with Crippen LogP contribution < -0.4 is 10.6 Å². The van der Waals surface area contributed by atoms with E-state index in [1.165, 1.54) is 0 Å². The van der Waals surface area contributed by atoms with Crippen molar-refractivity contribution in [2.75, 3.05) is 7.05 Å². The monoisotopic (exact) mass is 260 g/mol. The van der Waals surface area contributed by atoms with Gasteiger partial charge in [0.15, 0.2) is 0 Å². The lowest BCUT2D eigenvalue weighted by Gasteiger charge is -2.18. The zero-order valence-electron chi connectivity index (χ0n) is 11.5. The summed E-state index contributed by atoms with van der Waals surface area (Å²) in [5.74, 6) is 1.02. The minimum Gasteiger partial charge on any atom is -0.348 e. The maximum atomic E-state index is 12.0. The summed E-state index contributed by atoms with van der Waals surface area (Å²) in [6, 6.07) is 7.64. The highest BCUT2D eigenvalue weighted by molar-refractivity contribution is 5.82. The Hall–Kier alpha value is -1.88. The summed E-state index contributed by atoms with van der Waals surface area (Å²) in [4.78, 5) is 19.6. The third kappa shape index (κ3) is 3.12. The van der Waals surface area contributed by atoms with Gasteiger partial charge in [-0.05, 0) is 25.1 Å². The van der Waals surface area contributed by atoms with Crippen molar-refractivity contribution in [1.29, 1.82) is 0 Å². The summed E-state index contributed by atoms with van der Waals surface area (Å²) >= 11 is 0. The number of carbonyl (C=O) groups excluding carboxylic acids is 1. The van der Waals surface area contributed by atoms with E-state index in [0.717, 1.165) is 16.9 Å².